The van der Waals surface area contributed by atoms with Gasteiger partial charge < -0.3 is 15.1 Å². The van der Waals surface area contributed by atoms with Crippen LogP contribution in [0.5, 0.6) is 0 Å². The first-order valence-electron chi connectivity index (χ1n) is 14.7. The van der Waals surface area contributed by atoms with Crippen LogP contribution in [0, 0.1) is 5.82 Å². The number of benzene rings is 4. The second-order valence-electron chi connectivity index (χ2n) is 10.7. The molecule has 0 spiro atoms. The number of carbonyl (C=O) groups is 3. The van der Waals surface area contributed by atoms with Crippen molar-refractivity contribution in [2.24, 2.45) is 0 Å². The molecule has 1 aliphatic rings. The monoisotopic (exact) mass is 565 g/mol. The first-order chi connectivity index (χ1) is 20.5. The molecular weight excluding hydrogens is 529 g/mol. The summed E-state index contributed by atoms with van der Waals surface area (Å²) in [4.78, 5) is 43.9. The van der Waals surface area contributed by atoms with Gasteiger partial charge in [-0.25, -0.2) is 4.39 Å². The van der Waals surface area contributed by atoms with Crippen molar-refractivity contribution < 1.29 is 18.8 Å². The van der Waals surface area contributed by atoms with E-state index in [4.69, 9.17) is 0 Å². The van der Waals surface area contributed by atoms with Crippen molar-refractivity contribution in [1.82, 2.24) is 10.2 Å². The molecule has 0 fully saturated rings. The van der Waals surface area contributed by atoms with Crippen LogP contribution in [0.4, 0.5) is 10.1 Å². The summed E-state index contributed by atoms with van der Waals surface area (Å²) in [7, 11) is 0. The molecule has 1 aliphatic heterocycles. The van der Waals surface area contributed by atoms with Crippen LogP contribution in [0.25, 0.3) is 10.8 Å². The maximum absolute atomic E-state index is 14.8. The van der Waals surface area contributed by atoms with Gasteiger partial charge in [0.1, 0.15) is 11.9 Å². The summed E-state index contributed by atoms with van der Waals surface area (Å²) in [6.45, 7) is 2.88. The number of unbranched alkanes of at least 4 members (excludes halogenated alkanes) is 1. The third-order valence-electron chi connectivity index (χ3n) is 7.82. The molecule has 6 nitrogen and oxygen atoms in total. The molecule has 0 bridgehead atoms. The number of hydrogen-bond donors (Lipinski definition) is 1. The second-order valence-corrected chi connectivity index (χ2v) is 10.7. The summed E-state index contributed by atoms with van der Waals surface area (Å²) in [6, 6.07) is 26.6. The SMILES string of the molecule is CCCCNC(=O)[C@@H](Cc1ccccc1)N(Cc1ccccc1F)C(=O)CCCN1C(=O)c2cccc3cccc1c23. The summed E-state index contributed by atoms with van der Waals surface area (Å²) < 4.78 is 14.8. The van der Waals surface area contributed by atoms with E-state index in [9.17, 15) is 18.8 Å². The third kappa shape index (κ3) is 6.35. The fraction of sp³-hybridized carbons (Fsp3) is 0.286. The van der Waals surface area contributed by atoms with Gasteiger partial charge in [-0.3, -0.25) is 14.4 Å². The van der Waals surface area contributed by atoms with Crippen molar-refractivity contribution in [2.45, 2.75) is 51.6 Å². The molecule has 1 N–H and O–H groups in total. The largest absolute Gasteiger partial charge is 0.354 e. The lowest BCUT2D eigenvalue weighted by Crippen LogP contribution is -2.50. The van der Waals surface area contributed by atoms with Crippen molar-refractivity contribution in [1.29, 1.82) is 0 Å². The van der Waals surface area contributed by atoms with E-state index in [0.717, 1.165) is 34.9 Å². The number of hydrogen-bond acceptors (Lipinski definition) is 3. The first kappa shape index (κ1) is 29.0. The number of rotatable bonds is 13. The minimum atomic E-state index is -0.817. The predicted octanol–water partition coefficient (Wildman–Crippen LogP) is 6.28. The molecule has 5 rings (SSSR count). The molecule has 0 unspecified atom stereocenters. The van der Waals surface area contributed by atoms with Crippen molar-refractivity contribution in [2.75, 3.05) is 18.0 Å². The Morgan fingerprint density at radius 1 is 0.905 bits per heavy atom. The maximum atomic E-state index is 14.8. The molecule has 0 aromatic heterocycles. The highest BCUT2D eigenvalue weighted by atomic mass is 19.1. The van der Waals surface area contributed by atoms with Gasteiger partial charge in [-0.1, -0.05) is 86.1 Å². The molecule has 4 aromatic carbocycles. The fourth-order valence-electron chi connectivity index (χ4n) is 5.60. The Morgan fingerprint density at radius 2 is 1.64 bits per heavy atom. The molecule has 4 aromatic rings. The smallest absolute Gasteiger partial charge is 0.258 e. The molecule has 1 atom stereocenters. The van der Waals surface area contributed by atoms with Gasteiger partial charge >= 0.3 is 0 Å². The Hall–Kier alpha value is -4.52. The average Bonchev–Trinajstić information content (AvgIpc) is 3.28. The lowest BCUT2D eigenvalue weighted by atomic mass is 10.0. The number of carbonyl (C=O) groups excluding carboxylic acids is 3. The molecule has 7 heteroatoms. The van der Waals surface area contributed by atoms with Gasteiger partial charge in [-0.15, -0.1) is 0 Å². The van der Waals surface area contributed by atoms with Gasteiger partial charge in [0, 0.05) is 49.0 Å². The van der Waals surface area contributed by atoms with E-state index in [0.29, 0.717) is 37.1 Å². The predicted molar refractivity (Wildman–Crippen MR) is 164 cm³/mol. The summed E-state index contributed by atoms with van der Waals surface area (Å²) in [6.07, 6.45) is 2.57. The summed E-state index contributed by atoms with van der Waals surface area (Å²) in [5.74, 6) is -1.01. The van der Waals surface area contributed by atoms with Crippen molar-refractivity contribution in [3.63, 3.8) is 0 Å². The minimum absolute atomic E-state index is 0.0302. The maximum Gasteiger partial charge on any atom is 0.258 e. The number of nitrogens with zero attached hydrogens (tertiary/aromatic N) is 2. The summed E-state index contributed by atoms with van der Waals surface area (Å²) in [5.41, 5.74) is 2.78. The highest BCUT2D eigenvalue weighted by molar-refractivity contribution is 6.25. The van der Waals surface area contributed by atoms with Gasteiger partial charge in [-0.05, 0) is 42.0 Å². The van der Waals surface area contributed by atoms with E-state index < -0.39 is 11.9 Å². The van der Waals surface area contributed by atoms with E-state index >= 15 is 0 Å². The number of amides is 3. The molecular formula is C35H36FN3O3. The average molecular weight is 566 g/mol. The van der Waals surface area contributed by atoms with Crippen molar-refractivity contribution in [3.05, 3.63) is 114 Å². The molecule has 1 heterocycles. The Bertz CT molecular complexity index is 1570. The van der Waals surface area contributed by atoms with E-state index in [1.54, 1.807) is 23.1 Å². The Labute approximate surface area is 246 Å². The van der Waals surface area contributed by atoms with Crippen LogP contribution in [0.3, 0.4) is 0 Å². The van der Waals surface area contributed by atoms with E-state index in [2.05, 4.69) is 5.32 Å². The number of nitrogens with one attached hydrogen (secondary N) is 1. The van der Waals surface area contributed by atoms with Gasteiger partial charge in [0.25, 0.3) is 5.91 Å². The van der Waals surface area contributed by atoms with Crippen LogP contribution in [-0.2, 0) is 22.6 Å². The Morgan fingerprint density at radius 3 is 2.40 bits per heavy atom. The standard InChI is InChI=1S/C35H36FN3O3/c1-2-3-21-37-34(41)31(23-25-12-5-4-6-13-25)39(24-27-14-7-8-18-29(27)36)32(40)20-11-22-38-30-19-10-16-26-15-9-17-28(33(26)30)35(38)42/h4-10,12-19,31H,2-3,11,20-24H2,1H3,(H,37,41)/t31-/m1/s1. The third-order valence-corrected chi connectivity index (χ3v) is 7.82. The highest BCUT2D eigenvalue weighted by Gasteiger charge is 2.32. The van der Waals surface area contributed by atoms with Crippen LogP contribution >= 0.6 is 0 Å². The number of anilines is 1. The van der Waals surface area contributed by atoms with Crippen molar-refractivity contribution in [3.8, 4) is 0 Å². The quantitative estimate of drug-likeness (QED) is 0.194. The van der Waals surface area contributed by atoms with Gasteiger partial charge in [-0.2, -0.15) is 0 Å². The summed E-state index contributed by atoms with van der Waals surface area (Å²) >= 11 is 0. The van der Waals surface area contributed by atoms with Gasteiger partial charge in [0.15, 0.2) is 0 Å². The van der Waals surface area contributed by atoms with Gasteiger partial charge in [0.05, 0.1) is 5.69 Å². The number of halogens is 1. The molecule has 42 heavy (non-hydrogen) atoms. The van der Waals surface area contributed by atoms with Crippen LogP contribution < -0.4 is 10.2 Å². The molecule has 0 saturated carbocycles. The minimum Gasteiger partial charge on any atom is -0.354 e. The Kier molecular flexibility index (Phi) is 9.27. The van der Waals surface area contributed by atoms with Crippen molar-refractivity contribution >= 4 is 34.2 Å². The van der Waals surface area contributed by atoms with E-state index in [1.165, 1.54) is 11.0 Å². The molecule has 0 aliphatic carbocycles. The van der Waals surface area contributed by atoms with Crippen LogP contribution in [0.15, 0.2) is 91.0 Å². The zero-order valence-electron chi connectivity index (χ0n) is 23.9. The van der Waals surface area contributed by atoms with Crippen LogP contribution in [0.2, 0.25) is 0 Å². The van der Waals surface area contributed by atoms with E-state index in [-0.39, 0.29) is 30.7 Å². The zero-order valence-corrected chi connectivity index (χ0v) is 23.9. The van der Waals surface area contributed by atoms with E-state index in [1.807, 2.05) is 73.7 Å². The molecule has 216 valence electrons. The second kappa shape index (κ2) is 13.4. The first-order valence-corrected chi connectivity index (χ1v) is 14.7. The normalized spacial score (nSPS) is 12.9. The van der Waals surface area contributed by atoms with Crippen LogP contribution in [-0.4, -0.2) is 41.8 Å². The van der Waals surface area contributed by atoms with Gasteiger partial charge in [0.2, 0.25) is 11.8 Å². The lowest BCUT2D eigenvalue weighted by Gasteiger charge is -2.32. The topological polar surface area (TPSA) is 69.7 Å². The Balaban J connectivity index is 1.37. The molecule has 0 radical (unpaired) electrons. The van der Waals surface area contributed by atoms with Crippen LogP contribution in [0.1, 0.15) is 54.1 Å². The highest BCUT2D eigenvalue weighted by Crippen LogP contribution is 2.37. The summed E-state index contributed by atoms with van der Waals surface area (Å²) in [5, 5.41) is 4.93. The fourth-order valence-corrected chi connectivity index (χ4v) is 5.60. The zero-order chi connectivity index (χ0) is 29.5. The molecule has 3 amide bonds. The molecule has 0 saturated heterocycles. The lowest BCUT2D eigenvalue weighted by molar-refractivity contribution is -0.141.